The highest BCUT2D eigenvalue weighted by atomic mass is 16.3. The van der Waals surface area contributed by atoms with Crippen molar-refractivity contribution in [3.63, 3.8) is 0 Å². The third-order valence-corrected chi connectivity index (χ3v) is 4.95. The molecule has 25 heavy (non-hydrogen) atoms. The van der Waals surface area contributed by atoms with E-state index in [4.69, 9.17) is 0 Å². The van der Waals surface area contributed by atoms with Gasteiger partial charge in [0.1, 0.15) is 0 Å². The lowest BCUT2D eigenvalue weighted by Gasteiger charge is -2.32. The minimum atomic E-state index is -0.362. The Balaban J connectivity index is 1.98. The number of hydrogen-bond donors (Lipinski definition) is 2. The minimum absolute atomic E-state index is 0.00113. The second-order valence-corrected chi connectivity index (χ2v) is 7.44. The van der Waals surface area contributed by atoms with Crippen molar-refractivity contribution in [1.29, 1.82) is 0 Å². The predicted molar refractivity (Wildman–Crippen MR) is 99.5 cm³/mol. The number of hydrogen-bond acceptors (Lipinski definition) is 3. The molecule has 0 aromatic heterocycles. The number of carbonyl (C=O) groups excluding carboxylic acids is 2. The topological polar surface area (TPSA) is 69.6 Å². The highest BCUT2D eigenvalue weighted by Gasteiger charge is 2.31. The van der Waals surface area contributed by atoms with E-state index in [0.29, 0.717) is 32.4 Å². The summed E-state index contributed by atoms with van der Waals surface area (Å²) in [5, 5.41) is 12.4. The number of nitrogens with zero attached hydrogens (tertiary/aromatic N) is 1. The van der Waals surface area contributed by atoms with Gasteiger partial charge in [0.05, 0.1) is 12.0 Å². The average molecular weight is 346 g/mol. The summed E-state index contributed by atoms with van der Waals surface area (Å²) in [7, 11) is 0. The van der Waals surface area contributed by atoms with Crippen LogP contribution in [0.3, 0.4) is 0 Å². The summed E-state index contributed by atoms with van der Waals surface area (Å²) in [5.41, 5.74) is 3.20. The largest absolute Gasteiger partial charge is 0.393 e. The molecule has 0 aliphatic carbocycles. The number of benzene rings is 1. The maximum absolute atomic E-state index is 12.5. The van der Waals surface area contributed by atoms with Gasteiger partial charge in [-0.3, -0.25) is 9.59 Å². The first-order valence-corrected chi connectivity index (χ1v) is 9.11. The van der Waals surface area contributed by atoms with Crippen LogP contribution in [-0.2, 0) is 9.59 Å². The molecule has 138 valence electrons. The first-order valence-electron chi connectivity index (χ1n) is 9.11. The van der Waals surface area contributed by atoms with Crippen molar-refractivity contribution in [2.45, 2.75) is 53.1 Å². The zero-order valence-corrected chi connectivity index (χ0v) is 15.7. The van der Waals surface area contributed by atoms with Gasteiger partial charge < -0.3 is 15.3 Å². The molecule has 3 atom stereocenters. The number of aliphatic hydroxyl groups excluding tert-OH is 1. The highest BCUT2D eigenvalue weighted by Crippen LogP contribution is 2.26. The summed E-state index contributed by atoms with van der Waals surface area (Å²) < 4.78 is 0. The van der Waals surface area contributed by atoms with Crippen molar-refractivity contribution in [3.05, 3.63) is 29.3 Å². The summed E-state index contributed by atoms with van der Waals surface area (Å²) in [6.45, 7) is 8.82. The van der Waals surface area contributed by atoms with E-state index in [9.17, 15) is 14.7 Å². The first kappa shape index (κ1) is 19.4. The van der Waals surface area contributed by atoms with Gasteiger partial charge in [-0.25, -0.2) is 0 Å². The highest BCUT2D eigenvalue weighted by molar-refractivity contribution is 5.96. The number of carbonyl (C=O) groups is 2. The average Bonchev–Trinajstić information content (AvgIpc) is 2.55. The van der Waals surface area contributed by atoms with Crippen molar-refractivity contribution in [2.75, 3.05) is 18.0 Å². The monoisotopic (exact) mass is 346 g/mol. The van der Waals surface area contributed by atoms with Crippen LogP contribution in [0.5, 0.6) is 0 Å². The van der Waals surface area contributed by atoms with E-state index in [1.807, 2.05) is 39.0 Å². The fourth-order valence-corrected chi connectivity index (χ4v) is 3.29. The van der Waals surface area contributed by atoms with Crippen LogP contribution in [0.25, 0.3) is 0 Å². The van der Waals surface area contributed by atoms with Gasteiger partial charge in [-0.15, -0.1) is 0 Å². The molecular weight excluding hydrogens is 316 g/mol. The second-order valence-electron chi connectivity index (χ2n) is 7.44. The molecule has 1 aliphatic heterocycles. The molecule has 2 amide bonds. The molecule has 1 saturated heterocycles. The Morgan fingerprint density at radius 2 is 2.04 bits per heavy atom. The van der Waals surface area contributed by atoms with Gasteiger partial charge >= 0.3 is 0 Å². The van der Waals surface area contributed by atoms with Crippen molar-refractivity contribution in [1.82, 2.24) is 5.32 Å². The molecule has 2 N–H and O–H groups in total. The quantitative estimate of drug-likeness (QED) is 0.832. The number of rotatable bonds is 6. The molecule has 1 aliphatic rings. The standard InChI is InChI=1S/C20H30N2O3/c1-13(9-16(4)23)11-21-20(25)17-6-8-19(24)22(12-17)18-7-5-14(2)15(3)10-18/h5,7,10,13,16-17,23H,6,8-9,11-12H2,1-4H3,(H,21,25)/t13-,16-,17+/m0/s1. The van der Waals surface area contributed by atoms with E-state index in [2.05, 4.69) is 5.32 Å². The Morgan fingerprint density at radius 3 is 2.68 bits per heavy atom. The number of amides is 2. The third-order valence-electron chi connectivity index (χ3n) is 4.95. The van der Waals surface area contributed by atoms with E-state index in [0.717, 1.165) is 11.3 Å². The van der Waals surface area contributed by atoms with Crippen LogP contribution in [0.2, 0.25) is 0 Å². The lowest BCUT2D eigenvalue weighted by Crippen LogP contribution is -2.46. The van der Waals surface area contributed by atoms with Gasteiger partial charge in [-0.1, -0.05) is 13.0 Å². The van der Waals surface area contributed by atoms with Crippen LogP contribution in [0, 0.1) is 25.7 Å². The Hall–Kier alpha value is -1.88. The Kier molecular flexibility index (Phi) is 6.59. The fraction of sp³-hybridized carbons (Fsp3) is 0.600. The van der Waals surface area contributed by atoms with Gasteiger partial charge in [-0.2, -0.15) is 0 Å². The summed E-state index contributed by atoms with van der Waals surface area (Å²) in [6.07, 6.45) is 1.29. The Morgan fingerprint density at radius 1 is 1.32 bits per heavy atom. The number of aliphatic hydroxyl groups is 1. The minimum Gasteiger partial charge on any atom is -0.393 e. The number of nitrogens with one attached hydrogen (secondary N) is 1. The van der Waals surface area contributed by atoms with Crippen molar-refractivity contribution >= 4 is 17.5 Å². The summed E-state index contributed by atoms with van der Waals surface area (Å²) in [6, 6.07) is 5.98. The van der Waals surface area contributed by atoms with Gasteiger partial charge in [-0.05, 0) is 62.8 Å². The predicted octanol–water partition coefficient (Wildman–Crippen LogP) is 2.57. The SMILES string of the molecule is Cc1ccc(N2C[C@H](C(=O)NC[C@@H](C)C[C@H](C)O)CCC2=O)cc1C. The van der Waals surface area contributed by atoms with Crippen LogP contribution in [-0.4, -0.2) is 36.1 Å². The maximum atomic E-state index is 12.5. The molecular formula is C20H30N2O3. The molecule has 5 heteroatoms. The van der Waals surface area contributed by atoms with Crippen LogP contribution in [0.4, 0.5) is 5.69 Å². The van der Waals surface area contributed by atoms with E-state index in [-0.39, 0.29) is 29.8 Å². The van der Waals surface area contributed by atoms with Crippen LogP contribution in [0.1, 0.15) is 44.2 Å². The van der Waals surface area contributed by atoms with Gasteiger partial charge in [0, 0.05) is 25.2 Å². The molecule has 0 unspecified atom stereocenters. The molecule has 0 spiro atoms. The molecule has 0 radical (unpaired) electrons. The molecule has 0 bridgehead atoms. The molecule has 0 saturated carbocycles. The lowest BCUT2D eigenvalue weighted by molar-refractivity contribution is -0.127. The van der Waals surface area contributed by atoms with E-state index >= 15 is 0 Å². The summed E-state index contributed by atoms with van der Waals surface area (Å²) >= 11 is 0. The van der Waals surface area contributed by atoms with Gasteiger partial charge in [0.15, 0.2) is 0 Å². The van der Waals surface area contributed by atoms with Crippen molar-refractivity contribution in [3.8, 4) is 0 Å². The lowest BCUT2D eigenvalue weighted by atomic mass is 9.95. The normalized spacial score (nSPS) is 20.3. The fourth-order valence-electron chi connectivity index (χ4n) is 3.29. The Labute approximate surface area is 150 Å². The zero-order chi connectivity index (χ0) is 18.6. The number of piperidine rings is 1. The van der Waals surface area contributed by atoms with Gasteiger partial charge in [0.2, 0.25) is 11.8 Å². The molecule has 5 nitrogen and oxygen atoms in total. The zero-order valence-electron chi connectivity index (χ0n) is 15.7. The van der Waals surface area contributed by atoms with Crippen molar-refractivity contribution in [2.24, 2.45) is 11.8 Å². The summed E-state index contributed by atoms with van der Waals surface area (Å²) in [4.78, 5) is 26.5. The van der Waals surface area contributed by atoms with Crippen molar-refractivity contribution < 1.29 is 14.7 Å². The van der Waals surface area contributed by atoms with E-state index in [1.54, 1.807) is 11.8 Å². The smallest absolute Gasteiger partial charge is 0.227 e. The second kappa shape index (κ2) is 8.48. The number of aryl methyl sites for hydroxylation is 2. The molecule has 1 aromatic rings. The molecule has 1 fully saturated rings. The molecule has 1 aromatic carbocycles. The van der Waals surface area contributed by atoms with Crippen LogP contribution in [0.15, 0.2) is 18.2 Å². The first-order chi connectivity index (χ1) is 11.8. The van der Waals surface area contributed by atoms with Crippen LogP contribution >= 0.6 is 0 Å². The summed E-state index contributed by atoms with van der Waals surface area (Å²) in [5.74, 6) is 0.122. The Bertz CT molecular complexity index is 627. The third kappa shape index (κ3) is 5.30. The van der Waals surface area contributed by atoms with E-state index in [1.165, 1.54) is 5.56 Å². The molecule has 2 rings (SSSR count). The number of anilines is 1. The maximum Gasteiger partial charge on any atom is 0.227 e. The van der Waals surface area contributed by atoms with Gasteiger partial charge in [0.25, 0.3) is 0 Å². The van der Waals surface area contributed by atoms with E-state index < -0.39 is 0 Å². The molecule has 1 heterocycles. The van der Waals surface area contributed by atoms with Crippen LogP contribution < -0.4 is 10.2 Å².